The van der Waals surface area contributed by atoms with Crippen molar-refractivity contribution < 1.29 is 29.3 Å². The number of esters is 2. The zero-order valence-corrected chi connectivity index (χ0v) is 18.3. The largest absolute Gasteiger partial charge is 0.508 e. The van der Waals surface area contributed by atoms with Crippen molar-refractivity contribution in [3.63, 3.8) is 0 Å². The van der Waals surface area contributed by atoms with Gasteiger partial charge in [-0.15, -0.1) is 0 Å². The average molecular weight is 417 g/mol. The molecule has 0 saturated heterocycles. The van der Waals surface area contributed by atoms with Gasteiger partial charge in [-0.1, -0.05) is 20.8 Å². The normalized spacial score (nSPS) is 33.4. The maximum absolute atomic E-state index is 12.9. The molecule has 5 atom stereocenters. The minimum atomic E-state index is -1.00. The molecule has 0 aliphatic heterocycles. The van der Waals surface area contributed by atoms with E-state index in [4.69, 9.17) is 9.47 Å². The minimum Gasteiger partial charge on any atom is -0.508 e. The molecule has 5 unspecified atom stereocenters. The van der Waals surface area contributed by atoms with Gasteiger partial charge in [-0.2, -0.15) is 0 Å². The van der Waals surface area contributed by atoms with Crippen LogP contribution in [0.1, 0.15) is 64.2 Å². The minimum absolute atomic E-state index is 0.0295. The van der Waals surface area contributed by atoms with Gasteiger partial charge in [0, 0.05) is 12.8 Å². The highest BCUT2D eigenvalue weighted by Crippen LogP contribution is 2.58. The van der Waals surface area contributed by atoms with E-state index in [1.165, 1.54) is 31.2 Å². The van der Waals surface area contributed by atoms with Crippen molar-refractivity contribution in [3.05, 3.63) is 41.5 Å². The van der Waals surface area contributed by atoms with Crippen LogP contribution in [-0.4, -0.2) is 40.0 Å². The highest BCUT2D eigenvalue weighted by molar-refractivity contribution is 5.89. The molecule has 1 aromatic carbocycles. The number of ether oxygens (including phenoxy) is 2. The predicted octanol–water partition coefficient (Wildman–Crippen LogP) is 4.00. The van der Waals surface area contributed by atoms with Crippen LogP contribution < -0.4 is 0 Å². The van der Waals surface area contributed by atoms with Crippen LogP contribution in [0.2, 0.25) is 0 Å². The van der Waals surface area contributed by atoms with Crippen LogP contribution in [0.15, 0.2) is 35.9 Å². The maximum atomic E-state index is 12.9. The Morgan fingerprint density at radius 3 is 2.33 bits per heavy atom. The molecule has 1 aromatic rings. The van der Waals surface area contributed by atoms with Crippen molar-refractivity contribution in [3.8, 4) is 5.75 Å². The monoisotopic (exact) mass is 416 g/mol. The van der Waals surface area contributed by atoms with Crippen molar-refractivity contribution in [2.24, 2.45) is 17.3 Å². The van der Waals surface area contributed by atoms with Gasteiger partial charge in [0.25, 0.3) is 0 Å². The molecule has 6 heteroatoms. The summed E-state index contributed by atoms with van der Waals surface area (Å²) in [6.07, 6.45) is 2.67. The Balaban J connectivity index is 2.01. The van der Waals surface area contributed by atoms with Crippen LogP contribution in [0.3, 0.4) is 0 Å². The molecule has 2 aliphatic rings. The Morgan fingerprint density at radius 1 is 1.13 bits per heavy atom. The van der Waals surface area contributed by atoms with E-state index in [1.54, 1.807) is 0 Å². The van der Waals surface area contributed by atoms with E-state index >= 15 is 0 Å². The van der Waals surface area contributed by atoms with Gasteiger partial charge < -0.3 is 19.7 Å². The van der Waals surface area contributed by atoms with Gasteiger partial charge in [0.1, 0.15) is 18.0 Å². The van der Waals surface area contributed by atoms with E-state index in [-0.39, 0.29) is 29.0 Å². The quantitative estimate of drug-likeness (QED) is 0.569. The first-order valence-electron chi connectivity index (χ1n) is 10.5. The van der Waals surface area contributed by atoms with E-state index in [1.807, 2.05) is 26.8 Å². The number of phenols is 1. The Morgan fingerprint density at radius 2 is 1.77 bits per heavy atom. The summed E-state index contributed by atoms with van der Waals surface area (Å²) >= 11 is 0. The number of fused-ring (bicyclic) bond motifs is 1. The summed E-state index contributed by atoms with van der Waals surface area (Å²) in [4.78, 5) is 24.5. The molecular weight excluding hydrogens is 384 g/mol. The molecule has 0 amide bonds. The van der Waals surface area contributed by atoms with Crippen molar-refractivity contribution in [1.82, 2.24) is 0 Å². The van der Waals surface area contributed by atoms with E-state index in [9.17, 15) is 19.8 Å². The second-order valence-electron chi connectivity index (χ2n) is 9.41. The number of carbonyl (C=O) groups excluding carboxylic acids is 2. The Bertz CT molecular complexity index is 842. The fraction of sp³-hybridized carbons (Fsp3) is 0.583. The SMILES string of the molecule is CC(=O)OC1CC2(C)CCC(O)(C(C)C)C2C(OC(=O)c2ccc(O)cc2)C=C1C. The lowest BCUT2D eigenvalue weighted by Crippen LogP contribution is -2.50. The highest BCUT2D eigenvalue weighted by Gasteiger charge is 2.60. The van der Waals surface area contributed by atoms with Crippen LogP contribution in [0.25, 0.3) is 0 Å². The number of phenolic OH excluding ortho intramolecular Hbond substituents is 1. The first kappa shape index (κ1) is 22.3. The van der Waals surface area contributed by atoms with E-state index < -0.39 is 23.8 Å². The molecule has 3 rings (SSSR count). The number of aliphatic hydroxyl groups is 1. The third-order valence-corrected chi connectivity index (χ3v) is 6.96. The molecule has 6 nitrogen and oxygen atoms in total. The number of hydrogen-bond donors (Lipinski definition) is 2. The molecule has 164 valence electrons. The number of hydrogen-bond acceptors (Lipinski definition) is 6. The Kier molecular flexibility index (Phi) is 6.01. The van der Waals surface area contributed by atoms with Gasteiger partial charge in [-0.05, 0) is 73.4 Å². The summed E-state index contributed by atoms with van der Waals surface area (Å²) in [7, 11) is 0. The summed E-state index contributed by atoms with van der Waals surface area (Å²) in [5, 5.41) is 21.1. The molecular formula is C24H32O6. The fourth-order valence-electron chi connectivity index (χ4n) is 5.23. The van der Waals surface area contributed by atoms with Crippen LogP contribution in [-0.2, 0) is 14.3 Å². The molecule has 0 heterocycles. The number of carbonyl (C=O) groups is 2. The zero-order chi connectivity index (χ0) is 22.3. The predicted molar refractivity (Wildman–Crippen MR) is 112 cm³/mol. The van der Waals surface area contributed by atoms with Crippen LogP contribution >= 0.6 is 0 Å². The number of benzene rings is 1. The van der Waals surface area contributed by atoms with Gasteiger partial charge in [0.05, 0.1) is 11.2 Å². The van der Waals surface area contributed by atoms with Crippen LogP contribution in [0.4, 0.5) is 0 Å². The topological polar surface area (TPSA) is 93.1 Å². The van der Waals surface area contributed by atoms with Crippen LogP contribution in [0, 0.1) is 17.3 Å². The van der Waals surface area contributed by atoms with Gasteiger partial charge in [-0.25, -0.2) is 4.79 Å². The fourth-order valence-corrected chi connectivity index (χ4v) is 5.23. The van der Waals surface area contributed by atoms with E-state index in [0.29, 0.717) is 18.4 Å². The second-order valence-corrected chi connectivity index (χ2v) is 9.41. The summed E-state index contributed by atoms with van der Waals surface area (Å²) in [5.41, 5.74) is -0.230. The maximum Gasteiger partial charge on any atom is 0.338 e. The molecule has 30 heavy (non-hydrogen) atoms. The molecule has 0 spiro atoms. The van der Waals surface area contributed by atoms with Crippen molar-refractivity contribution in [1.29, 1.82) is 0 Å². The summed E-state index contributed by atoms with van der Waals surface area (Å²) in [5.74, 6) is -1.17. The summed E-state index contributed by atoms with van der Waals surface area (Å²) in [6.45, 7) is 9.31. The van der Waals surface area contributed by atoms with Gasteiger partial charge >= 0.3 is 11.9 Å². The lowest BCUT2D eigenvalue weighted by molar-refractivity contribution is -0.147. The molecule has 1 fully saturated rings. The molecule has 2 N–H and O–H groups in total. The highest BCUT2D eigenvalue weighted by atomic mass is 16.5. The molecule has 2 aliphatic carbocycles. The third-order valence-electron chi connectivity index (χ3n) is 6.96. The summed E-state index contributed by atoms with van der Waals surface area (Å²) in [6, 6.07) is 5.89. The van der Waals surface area contributed by atoms with Crippen molar-refractivity contribution in [2.75, 3.05) is 0 Å². The molecule has 0 aromatic heterocycles. The van der Waals surface area contributed by atoms with Gasteiger partial charge in [-0.3, -0.25) is 4.79 Å². The molecule has 0 bridgehead atoms. The zero-order valence-electron chi connectivity index (χ0n) is 18.3. The third kappa shape index (κ3) is 4.10. The van der Waals surface area contributed by atoms with Crippen molar-refractivity contribution >= 4 is 11.9 Å². The first-order chi connectivity index (χ1) is 14.0. The van der Waals surface area contributed by atoms with E-state index in [2.05, 4.69) is 6.92 Å². The lowest BCUT2D eigenvalue weighted by Gasteiger charge is -2.43. The lowest BCUT2D eigenvalue weighted by atomic mass is 9.67. The van der Waals surface area contributed by atoms with Gasteiger partial charge in [0.2, 0.25) is 0 Å². The standard InChI is InChI=1S/C24H32O6/c1-14(2)24(28)11-10-23(5)13-20(29-16(4)25)15(3)12-19(21(23)24)30-22(27)17-6-8-18(26)9-7-17/h6-9,12,14,19-21,26,28H,10-11,13H2,1-5H3. The van der Waals surface area contributed by atoms with Crippen LogP contribution in [0.5, 0.6) is 5.75 Å². The first-order valence-corrected chi connectivity index (χ1v) is 10.5. The number of aromatic hydroxyl groups is 1. The van der Waals surface area contributed by atoms with Crippen molar-refractivity contribution in [2.45, 2.75) is 71.7 Å². The molecule has 1 saturated carbocycles. The van der Waals surface area contributed by atoms with E-state index in [0.717, 1.165) is 12.0 Å². The average Bonchev–Trinajstić information content (AvgIpc) is 2.87. The molecule has 0 radical (unpaired) electrons. The second kappa shape index (κ2) is 8.06. The Labute approximate surface area is 177 Å². The Hall–Kier alpha value is -2.34. The summed E-state index contributed by atoms with van der Waals surface area (Å²) < 4.78 is 11.5. The number of rotatable bonds is 4. The smallest absolute Gasteiger partial charge is 0.338 e. The van der Waals surface area contributed by atoms with Gasteiger partial charge in [0.15, 0.2) is 0 Å².